The lowest BCUT2D eigenvalue weighted by Gasteiger charge is -2.30. The molecule has 1 fully saturated rings. The lowest BCUT2D eigenvalue weighted by Crippen LogP contribution is -2.33. The van der Waals surface area contributed by atoms with E-state index in [1.165, 1.54) is 17.7 Å². The van der Waals surface area contributed by atoms with Gasteiger partial charge in [0.05, 0.1) is 6.04 Å². The Labute approximate surface area is 227 Å². The lowest BCUT2D eigenvalue weighted by molar-refractivity contribution is -0.274. The van der Waals surface area contributed by atoms with Gasteiger partial charge in [0.2, 0.25) is 11.9 Å². The minimum absolute atomic E-state index is 0.00528. The molecule has 0 saturated carbocycles. The average Bonchev–Trinajstić information content (AvgIpc) is 3.12. The van der Waals surface area contributed by atoms with Crippen LogP contribution >= 0.6 is 0 Å². The Kier molecular flexibility index (Phi) is 8.44. The molecule has 0 spiro atoms. The minimum atomic E-state index is -4.74. The van der Waals surface area contributed by atoms with Crippen LogP contribution in [0.25, 0.3) is 0 Å². The zero-order chi connectivity index (χ0) is 28.2. The number of carbonyl (C=O) groups is 1. The van der Waals surface area contributed by atoms with Crippen LogP contribution in [0.4, 0.5) is 19.1 Å². The van der Waals surface area contributed by atoms with Crippen molar-refractivity contribution in [3.63, 3.8) is 0 Å². The zero-order valence-corrected chi connectivity index (χ0v) is 22.6. The molecular weight excluding hydrogens is 507 g/mol. The van der Waals surface area contributed by atoms with E-state index in [1.807, 2.05) is 11.9 Å². The van der Waals surface area contributed by atoms with Gasteiger partial charge in [-0.1, -0.05) is 57.2 Å². The number of hydrogen-bond donors (Lipinski definition) is 1. The van der Waals surface area contributed by atoms with Gasteiger partial charge in [-0.25, -0.2) is 9.97 Å². The Bertz CT molecular complexity index is 1230. The summed E-state index contributed by atoms with van der Waals surface area (Å²) in [6.07, 6.45) is -0.640. The van der Waals surface area contributed by atoms with E-state index in [0.29, 0.717) is 31.9 Å². The number of hydrogen-bond acceptors (Lipinski definition) is 6. The van der Waals surface area contributed by atoms with E-state index in [4.69, 9.17) is 0 Å². The number of likely N-dealkylation sites (N-methyl/N-ethyl adjacent to an activating group) is 1. The van der Waals surface area contributed by atoms with Gasteiger partial charge in [0.1, 0.15) is 11.9 Å². The van der Waals surface area contributed by atoms with Crippen LogP contribution < -0.4 is 10.1 Å². The van der Waals surface area contributed by atoms with Crippen molar-refractivity contribution in [3.8, 4) is 5.75 Å². The number of benzene rings is 2. The van der Waals surface area contributed by atoms with Gasteiger partial charge in [-0.05, 0) is 60.2 Å². The van der Waals surface area contributed by atoms with Crippen molar-refractivity contribution in [3.05, 3.63) is 83.7 Å². The van der Waals surface area contributed by atoms with E-state index in [2.05, 4.69) is 70.0 Å². The Morgan fingerprint density at radius 1 is 0.974 bits per heavy atom. The van der Waals surface area contributed by atoms with Gasteiger partial charge >= 0.3 is 6.36 Å². The fourth-order valence-electron chi connectivity index (χ4n) is 4.82. The smallest absolute Gasteiger partial charge is 0.406 e. The van der Waals surface area contributed by atoms with Gasteiger partial charge in [-0.3, -0.25) is 9.69 Å². The monoisotopic (exact) mass is 541 g/mol. The van der Waals surface area contributed by atoms with Gasteiger partial charge in [-0.2, -0.15) is 0 Å². The number of aromatic nitrogens is 2. The fourth-order valence-corrected chi connectivity index (χ4v) is 4.82. The first kappa shape index (κ1) is 28.4. The highest BCUT2D eigenvalue weighted by atomic mass is 19.4. The number of amides is 1. The maximum absolute atomic E-state index is 13.7. The number of nitrogens with one attached hydrogen (secondary N) is 1. The number of carbonyl (C=O) groups excluding carboxylic acids is 1. The van der Waals surface area contributed by atoms with E-state index in [-0.39, 0.29) is 29.3 Å². The highest BCUT2D eigenvalue weighted by molar-refractivity contribution is 5.84. The summed E-state index contributed by atoms with van der Waals surface area (Å²) < 4.78 is 41.5. The SMILES string of the molecule is CN1C(c2ccc(C(C)(C)C)cc2)N(CCc2ccc(OC(F)(F)F)cc2)C(=O)[C@@H]1CCNc1ncccn1. The summed E-state index contributed by atoms with van der Waals surface area (Å²) in [5, 5.41) is 3.17. The predicted molar refractivity (Wildman–Crippen MR) is 143 cm³/mol. The molecule has 1 saturated heterocycles. The number of halogens is 3. The number of nitrogens with zero attached hydrogens (tertiary/aromatic N) is 4. The molecule has 2 atom stereocenters. The van der Waals surface area contributed by atoms with Gasteiger partial charge in [0.15, 0.2) is 0 Å². The molecule has 1 aromatic heterocycles. The van der Waals surface area contributed by atoms with Gasteiger partial charge in [0.25, 0.3) is 0 Å². The highest BCUT2D eigenvalue weighted by Crippen LogP contribution is 2.36. The second-order valence-electron chi connectivity index (χ2n) is 10.7. The van der Waals surface area contributed by atoms with Crippen LogP contribution in [-0.4, -0.2) is 58.2 Å². The first-order valence-corrected chi connectivity index (χ1v) is 12.9. The van der Waals surface area contributed by atoms with Crippen molar-refractivity contribution in [2.75, 3.05) is 25.5 Å². The van der Waals surface area contributed by atoms with Crippen molar-refractivity contribution in [1.82, 2.24) is 19.8 Å². The topological polar surface area (TPSA) is 70.6 Å². The number of alkyl halides is 3. The third kappa shape index (κ3) is 7.26. The van der Waals surface area contributed by atoms with Crippen LogP contribution in [0.15, 0.2) is 67.0 Å². The summed E-state index contributed by atoms with van der Waals surface area (Å²) in [6, 6.07) is 15.5. The predicted octanol–water partition coefficient (Wildman–Crippen LogP) is 5.56. The number of ether oxygens (including phenoxy) is 1. The normalized spacial score (nSPS) is 18.4. The molecule has 208 valence electrons. The molecular formula is C29H34F3N5O2. The average molecular weight is 542 g/mol. The molecule has 7 nitrogen and oxygen atoms in total. The zero-order valence-electron chi connectivity index (χ0n) is 22.6. The van der Waals surface area contributed by atoms with Crippen molar-refractivity contribution in [2.45, 2.75) is 57.6 Å². The summed E-state index contributed by atoms with van der Waals surface area (Å²) in [7, 11) is 1.95. The quantitative estimate of drug-likeness (QED) is 0.383. The van der Waals surface area contributed by atoms with E-state index in [9.17, 15) is 18.0 Å². The standard InChI is InChI=1S/C29H34F3N5O2/c1-28(2,3)22-10-8-21(9-11-22)25-36(4)24(14-18-35-27-33-16-5-17-34-27)26(38)37(25)19-15-20-6-12-23(13-7-20)39-29(30,31)32/h5-13,16-17,24-25H,14-15,18-19H2,1-4H3,(H,33,34,35)/t24-,25?/m0/s1. The second-order valence-corrected chi connectivity index (χ2v) is 10.7. The molecule has 1 amide bonds. The molecule has 2 heterocycles. The fraction of sp³-hybridized carbons (Fsp3) is 0.414. The molecule has 2 aromatic carbocycles. The molecule has 1 aliphatic heterocycles. The van der Waals surface area contributed by atoms with E-state index in [1.54, 1.807) is 30.6 Å². The summed E-state index contributed by atoms with van der Waals surface area (Å²) in [4.78, 5) is 26.0. The number of anilines is 1. The Morgan fingerprint density at radius 2 is 1.62 bits per heavy atom. The molecule has 1 unspecified atom stereocenters. The van der Waals surface area contributed by atoms with Gasteiger partial charge in [-0.15, -0.1) is 13.2 Å². The van der Waals surface area contributed by atoms with Crippen molar-refractivity contribution in [1.29, 1.82) is 0 Å². The van der Waals surface area contributed by atoms with Crippen LogP contribution in [0.1, 0.15) is 50.0 Å². The summed E-state index contributed by atoms with van der Waals surface area (Å²) >= 11 is 0. The molecule has 4 rings (SSSR count). The maximum atomic E-state index is 13.7. The van der Waals surface area contributed by atoms with Crippen molar-refractivity contribution in [2.24, 2.45) is 0 Å². The van der Waals surface area contributed by atoms with E-state index in [0.717, 1.165) is 11.1 Å². The molecule has 39 heavy (non-hydrogen) atoms. The Morgan fingerprint density at radius 3 is 2.21 bits per heavy atom. The summed E-state index contributed by atoms with van der Waals surface area (Å²) in [5.41, 5.74) is 3.03. The van der Waals surface area contributed by atoms with Gasteiger partial charge < -0.3 is 15.0 Å². The van der Waals surface area contributed by atoms with Crippen LogP contribution in [0.5, 0.6) is 5.75 Å². The van der Waals surface area contributed by atoms with E-state index < -0.39 is 6.36 Å². The molecule has 10 heteroatoms. The highest BCUT2D eigenvalue weighted by Gasteiger charge is 2.44. The van der Waals surface area contributed by atoms with Crippen LogP contribution in [0.2, 0.25) is 0 Å². The van der Waals surface area contributed by atoms with Crippen LogP contribution in [0, 0.1) is 0 Å². The number of rotatable bonds is 9. The van der Waals surface area contributed by atoms with Crippen LogP contribution in [0.3, 0.4) is 0 Å². The van der Waals surface area contributed by atoms with Crippen molar-refractivity contribution >= 4 is 11.9 Å². The Hall–Kier alpha value is -3.66. The van der Waals surface area contributed by atoms with Crippen LogP contribution in [-0.2, 0) is 16.6 Å². The summed E-state index contributed by atoms with van der Waals surface area (Å²) in [5.74, 6) is 0.250. The lowest BCUT2D eigenvalue weighted by atomic mass is 9.86. The molecule has 0 bridgehead atoms. The Balaban J connectivity index is 1.51. The molecule has 0 radical (unpaired) electrons. The third-order valence-corrected chi connectivity index (χ3v) is 6.88. The molecule has 3 aromatic rings. The maximum Gasteiger partial charge on any atom is 0.573 e. The molecule has 1 aliphatic rings. The van der Waals surface area contributed by atoms with Gasteiger partial charge in [0, 0.05) is 25.5 Å². The minimum Gasteiger partial charge on any atom is -0.406 e. The van der Waals surface area contributed by atoms with E-state index >= 15 is 0 Å². The summed E-state index contributed by atoms with van der Waals surface area (Å²) in [6.45, 7) is 7.41. The van der Waals surface area contributed by atoms with Crippen molar-refractivity contribution < 1.29 is 22.7 Å². The first-order valence-electron chi connectivity index (χ1n) is 12.9. The molecule has 0 aliphatic carbocycles. The second kappa shape index (κ2) is 11.6. The largest absolute Gasteiger partial charge is 0.573 e. The molecule has 1 N–H and O–H groups in total. The third-order valence-electron chi connectivity index (χ3n) is 6.88. The first-order chi connectivity index (χ1) is 18.4.